The largest absolute Gasteiger partial charge is 0.455 e. The lowest BCUT2D eigenvalue weighted by Crippen LogP contribution is -1.94. The first kappa shape index (κ1) is 13.0. The summed E-state index contributed by atoms with van der Waals surface area (Å²) in [6, 6.07) is -34.5. The number of hydrogen-bond acceptors (Lipinski definition) is 1. The van der Waals surface area contributed by atoms with Gasteiger partial charge in [0.15, 0.2) is 0 Å². The van der Waals surface area contributed by atoms with Gasteiger partial charge < -0.3 is 4.42 Å². The van der Waals surface area contributed by atoms with E-state index in [-0.39, 0.29) is 0 Å². The molecule has 0 saturated carbocycles. The molecule has 12 aromatic rings. The van der Waals surface area contributed by atoms with E-state index >= 15 is 0 Å². The molecule has 0 aliphatic rings. The van der Waals surface area contributed by atoms with Gasteiger partial charge in [0, 0.05) is 16.3 Å². The molecular formula is C56H34O. The van der Waals surface area contributed by atoms with Gasteiger partial charge in [-0.2, -0.15) is 0 Å². The molecule has 1 heteroatoms. The Morgan fingerprint density at radius 1 is 0.281 bits per heavy atom. The molecule has 0 fully saturated rings. The zero-order valence-corrected chi connectivity index (χ0v) is 28.4. The van der Waals surface area contributed by atoms with Crippen LogP contribution in [0.2, 0.25) is 0 Å². The van der Waals surface area contributed by atoms with Crippen molar-refractivity contribution in [2.45, 2.75) is 0 Å². The summed E-state index contributed by atoms with van der Waals surface area (Å²) in [5.74, 6) is 0. The van der Waals surface area contributed by atoms with Gasteiger partial charge in [0.1, 0.15) is 11.2 Å². The molecule has 0 bridgehead atoms. The Bertz CT molecular complexity index is 5490. The third kappa shape index (κ3) is 4.96. The molecule has 0 unspecified atom stereocenters. The molecule has 57 heavy (non-hydrogen) atoms. The fraction of sp³-hybridized carbons (Fsp3) is 0. The molecule has 0 amide bonds. The lowest BCUT2D eigenvalue weighted by Gasteiger charge is -2.21. The van der Waals surface area contributed by atoms with Crippen molar-refractivity contribution >= 4 is 75.8 Å². The molecule has 1 aromatic heterocycles. The second-order valence-electron chi connectivity index (χ2n) is 12.5. The fourth-order valence-corrected chi connectivity index (χ4v) is 7.00. The summed E-state index contributed by atoms with van der Waals surface area (Å²) in [6.45, 7) is 0. The number of hydrogen-bond donors (Lipinski definition) is 0. The van der Waals surface area contributed by atoms with Crippen LogP contribution in [0.25, 0.3) is 120 Å². The maximum absolute atomic E-state index is 10.0. The number of benzene rings is 11. The van der Waals surface area contributed by atoms with Crippen molar-refractivity contribution in [2.24, 2.45) is 0 Å². The molecule has 1 heterocycles. The van der Waals surface area contributed by atoms with Crippen LogP contribution in [0, 0.1) is 0 Å². The first-order valence-electron chi connectivity index (χ1n) is 33.9. The smallest absolute Gasteiger partial charge is 0.143 e. The van der Waals surface area contributed by atoms with Crippen molar-refractivity contribution in [1.29, 1.82) is 0 Å². The van der Waals surface area contributed by atoms with Crippen LogP contribution in [-0.4, -0.2) is 0 Å². The molecule has 11 aromatic carbocycles. The Morgan fingerprint density at radius 2 is 0.772 bits per heavy atom. The fourth-order valence-electron chi connectivity index (χ4n) is 7.00. The summed E-state index contributed by atoms with van der Waals surface area (Å²) < 4.78 is 319. The van der Waals surface area contributed by atoms with E-state index in [2.05, 4.69) is 0 Å². The summed E-state index contributed by atoms with van der Waals surface area (Å²) in [6.07, 6.45) is 0. The molecule has 0 spiro atoms. The maximum atomic E-state index is 10.0. The highest BCUT2D eigenvalue weighted by molar-refractivity contribution is 6.26. The van der Waals surface area contributed by atoms with Crippen molar-refractivity contribution in [2.75, 3.05) is 0 Å². The van der Waals surface area contributed by atoms with E-state index in [1.54, 1.807) is 0 Å². The van der Waals surface area contributed by atoms with E-state index < -0.39 is 326 Å². The molecule has 0 aliphatic carbocycles. The van der Waals surface area contributed by atoms with E-state index in [0.29, 0.717) is 0 Å². The van der Waals surface area contributed by atoms with Gasteiger partial charge in [0.25, 0.3) is 0 Å². The maximum Gasteiger partial charge on any atom is 0.143 e. The minimum absolute atomic E-state index is 0.572. The lowest BCUT2D eigenvalue weighted by molar-refractivity contribution is 0.670. The zero-order valence-electron chi connectivity index (χ0n) is 62.4. The molecule has 0 N–H and O–H groups in total. The highest BCUT2D eigenvalue weighted by atomic mass is 16.3. The van der Waals surface area contributed by atoms with Crippen LogP contribution in [0.4, 0.5) is 0 Å². The molecule has 0 radical (unpaired) electrons. The SMILES string of the molecule is [2H]c1c(-c2c([2H])c([2H])c3c([2H])c([2H])c([2H])c([2H])c3c2[2H])c([2H])c2c(oc3c(-c4c([2H])c([2H])c5c([2H])c([2H])c([2H])c([2H])c5c4-c4c5c([2H])c([2H])c([2H])c([2H])c5c(-c5c([2H])c([2H])c6c([2H])c([2H])c([2H])c([2H])c6c5[2H])c5c([2H])c([2H])c([2H])c([2H])c45)c([2H])c([2H])c([2H])c32)c1[2H]. The van der Waals surface area contributed by atoms with Gasteiger partial charge in [-0.3, -0.25) is 0 Å². The summed E-state index contributed by atoms with van der Waals surface area (Å²) >= 11 is 0. The second-order valence-corrected chi connectivity index (χ2v) is 12.5. The minimum Gasteiger partial charge on any atom is -0.455 e. The Kier molecular flexibility index (Phi) is 2.87. The van der Waals surface area contributed by atoms with Gasteiger partial charge in [-0.05, 0) is 117 Å². The summed E-state index contributed by atoms with van der Waals surface area (Å²) in [7, 11) is 0. The van der Waals surface area contributed by atoms with Crippen molar-refractivity contribution in [3.8, 4) is 44.5 Å². The number of furan rings is 1. The van der Waals surface area contributed by atoms with Gasteiger partial charge in [-0.15, -0.1) is 0 Å². The highest BCUT2D eigenvalue weighted by Gasteiger charge is 2.23. The average molecular weight is 757 g/mol. The Hall–Kier alpha value is -7.48. The minimum atomic E-state index is -1.18. The van der Waals surface area contributed by atoms with Gasteiger partial charge in [-0.1, -0.05) is 181 Å². The quantitative estimate of drug-likeness (QED) is 0.163. The zero-order chi connectivity index (χ0) is 67.0. The van der Waals surface area contributed by atoms with Gasteiger partial charge in [0.05, 0.1) is 46.6 Å². The van der Waals surface area contributed by atoms with Crippen molar-refractivity contribution in [3.05, 3.63) is 205 Å². The normalized spacial score (nSPS) is 20.2. The molecule has 264 valence electrons. The number of para-hydroxylation sites is 1. The lowest BCUT2D eigenvalue weighted by atomic mass is 9.81. The van der Waals surface area contributed by atoms with E-state index in [4.69, 9.17) is 23.6 Å². The Labute approximate surface area is 377 Å². The van der Waals surface area contributed by atoms with Crippen LogP contribution < -0.4 is 0 Å². The number of rotatable bonds is 4. The highest BCUT2D eigenvalue weighted by Crippen LogP contribution is 2.50. The predicted octanol–water partition coefficient (Wildman–Crippen LogP) is 16.0. The third-order valence-electron chi connectivity index (χ3n) is 9.44. The molecule has 1 nitrogen and oxygen atoms in total. The van der Waals surface area contributed by atoms with Crippen molar-refractivity contribution < 1.29 is 51.0 Å². The first-order valence-corrected chi connectivity index (χ1v) is 16.9. The van der Waals surface area contributed by atoms with Crippen LogP contribution >= 0.6 is 0 Å². The topological polar surface area (TPSA) is 13.1 Å². The van der Waals surface area contributed by atoms with Crippen molar-refractivity contribution in [3.63, 3.8) is 0 Å². The van der Waals surface area contributed by atoms with Gasteiger partial charge in [0.2, 0.25) is 0 Å². The summed E-state index contributed by atoms with van der Waals surface area (Å²) in [5.41, 5.74) is -8.76. The van der Waals surface area contributed by atoms with Crippen molar-refractivity contribution in [1.82, 2.24) is 0 Å². The van der Waals surface area contributed by atoms with E-state index in [0.717, 1.165) is 0 Å². The molecule has 12 rings (SSSR count). The summed E-state index contributed by atoms with van der Waals surface area (Å²) in [5, 5.41) is -9.24. The number of fused-ring (bicyclic) bond motifs is 8. The van der Waals surface area contributed by atoms with E-state index in [1.165, 1.54) is 0 Å². The van der Waals surface area contributed by atoms with E-state index in [1.807, 2.05) is 0 Å². The van der Waals surface area contributed by atoms with E-state index in [9.17, 15) is 27.4 Å². The molecular weight excluding hydrogens is 689 g/mol. The van der Waals surface area contributed by atoms with Crippen LogP contribution in [0.5, 0.6) is 0 Å². The predicted molar refractivity (Wildman–Crippen MR) is 243 cm³/mol. The Morgan fingerprint density at radius 3 is 1.46 bits per heavy atom. The molecule has 0 aliphatic heterocycles. The Balaban J connectivity index is 1.38. The van der Waals surface area contributed by atoms with Crippen LogP contribution in [-0.2, 0) is 0 Å². The average Bonchev–Trinajstić information content (AvgIpc) is 1.23. The first-order chi connectivity index (χ1) is 42.4. The summed E-state index contributed by atoms with van der Waals surface area (Å²) in [4.78, 5) is 0. The van der Waals surface area contributed by atoms with Gasteiger partial charge >= 0.3 is 0 Å². The standard InChI is InChI=1S/C56H34O/c1-3-15-38-32-40(26-24-35(38)12-1)41-29-31-52-51(34-41)50-23-11-22-49(56(50)57-52)48-30-28-37-14-5-6-17-43(37)54(48)55-46-20-9-7-18-44(46)53(45-19-8-10-21-47(45)55)42-27-25-36-13-2-4-16-39(36)33-42/h1-34H/i1D,2D,3D,4D,5D,6D,7D,8D,9D,10D,11D,12D,13D,14D,15D,16D,17D,18D,19D,20D,21D,22D,23D,24D,25D,26D,27D,28D,29D,30D,31D,32D,33D,34D. The third-order valence-corrected chi connectivity index (χ3v) is 9.44. The van der Waals surface area contributed by atoms with Gasteiger partial charge in [-0.25, -0.2) is 0 Å². The monoisotopic (exact) mass is 756 g/mol. The van der Waals surface area contributed by atoms with Crippen LogP contribution in [0.15, 0.2) is 210 Å². The molecule has 0 atom stereocenters. The van der Waals surface area contributed by atoms with Crippen LogP contribution in [0.1, 0.15) is 46.6 Å². The molecule has 0 saturated heterocycles. The van der Waals surface area contributed by atoms with Crippen LogP contribution in [0.3, 0.4) is 0 Å². The second kappa shape index (κ2) is 12.5.